The highest BCUT2D eigenvalue weighted by Crippen LogP contribution is 2.38. The zero-order valence-corrected chi connectivity index (χ0v) is 11.1. The molecule has 18 heavy (non-hydrogen) atoms. The van der Waals surface area contributed by atoms with Crippen LogP contribution in [-0.2, 0) is 6.42 Å². The van der Waals surface area contributed by atoms with Crippen LogP contribution in [0.1, 0.15) is 31.4 Å². The number of ether oxygens (including phenoxy) is 2. The summed E-state index contributed by atoms with van der Waals surface area (Å²) >= 11 is 0. The molecular weight excluding hydrogens is 240 g/mol. The Hall–Kier alpha value is -1.36. The Morgan fingerprint density at radius 1 is 1.22 bits per heavy atom. The highest BCUT2D eigenvalue weighted by atomic mass is 19.3. The van der Waals surface area contributed by atoms with E-state index in [2.05, 4.69) is 0 Å². The van der Waals surface area contributed by atoms with Gasteiger partial charge in [0.25, 0.3) is 6.43 Å². The molecule has 0 radical (unpaired) electrons. The number of benzene rings is 1. The molecule has 0 unspecified atom stereocenters. The molecule has 0 fully saturated rings. The van der Waals surface area contributed by atoms with Gasteiger partial charge in [0.15, 0.2) is 11.5 Å². The lowest BCUT2D eigenvalue weighted by Crippen LogP contribution is -2.34. The van der Waals surface area contributed by atoms with Crippen LogP contribution in [0.15, 0.2) is 12.1 Å². The second-order valence-electron chi connectivity index (χ2n) is 4.89. The van der Waals surface area contributed by atoms with Gasteiger partial charge in [-0.3, -0.25) is 0 Å². The largest absolute Gasteiger partial charge is 0.493 e. The van der Waals surface area contributed by atoms with Crippen molar-refractivity contribution in [3.8, 4) is 11.5 Å². The van der Waals surface area contributed by atoms with Gasteiger partial charge in [-0.05, 0) is 38.0 Å². The van der Waals surface area contributed by atoms with Gasteiger partial charge in [-0.25, -0.2) is 8.78 Å². The number of halogens is 2. The van der Waals surface area contributed by atoms with Crippen LogP contribution in [0.25, 0.3) is 0 Å². The van der Waals surface area contributed by atoms with E-state index in [1.165, 1.54) is 20.3 Å². The highest BCUT2D eigenvalue weighted by Gasteiger charge is 2.21. The summed E-state index contributed by atoms with van der Waals surface area (Å²) in [7, 11) is 2.76. The van der Waals surface area contributed by atoms with Crippen molar-refractivity contribution in [1.29, 1.82) is 0 Å². The van der Waals surface area contributed by atoms with Crippen LogP contribution < -0.4 is 15.2 Å². The third-order valence-electron chi connectivity index (χ3n) is 2.46. The Balaban J connectivity index is 3.27. The van der Waals surface area contributed by atoms with Gasteiger partial charge in [-0.2, -0.15) is 0 Å². The summed E-state index contributed by atoms with van der Waals surface area (Å²) in [5.41, 5.74) is 5.96. The second kappa shape index (κ2) is 5.52. The van der Waals surface area contributed by atoms with Crippen LogP contribution in [0.5, 0.6) is 11.5 Å². The van der Waals surface area contributed by atoms with Crippen molar-refractivity contribution in [2.45, 2.75) is 32.2 Å². The molecule has 0 spiro atoms. The molecule has 0 saturated heterocycles. The van der Waals surface area contributed by atoms with Crippen molar-refractivity contribution >= 4 is 0 Å². The number of methoxy groups -OCH3 is 2. The average molecular weight is 259 g/mol. The third kappa shape index (κ3) is 3.57. The standard InChI is InChI=1S/C13H19F2NO2/c1-13(2,16)7-8-5-9(12(14)15)11(18-4)10(6-8)17-3/h5-6,12H,7,16H2,1-4H3. The van der Waals surface area contributed by atoms with E-state index in [-0.39, 0.29) is 11.3 Å². The lowest BCUT2D eigenvalue weighted by atomic mass is 9.94. The van der Waals surface area contributed by atoms with Gasteiger partial charge in [0, 0.05) is 5.54 Å². The zero-order chi connectivity index (χ0) is 13.9. The minimum absolute atomic E-state index is 0.0751. The molecule has 3 nitrogen and oxygen atoms in total. The van der Waals surface area contributed by atoms with Crippen LogP contribution in [0, 0.1) is 0 Å². The molecule has 1 aromatic carbocycles. The molecule has 0 bridgehead atoms. The number of hydrogen-bond acceptors (Lipinski definition) is 3. The quantitative estimate of drug-likeness (QED) is 0.884. The summed E-state index contributed by atoms with van der Waals surface area (Å²) in [5, 5.41) is 0. The lowest BCUT2D eigenvalue weighted by molar-refractivity contribution is 0.146. The summed E-state index contributed by atoms with van der Waals surface area (Å²) in [6.07, 6.45) is -2.14. The maximum absolute atomic E-state index is 13.0. The number of hydrogen-bond donors (Lipinski definition) is 1. The molecule has 0 aliphatic rings. The number of rotatable bonds is 5. The smallest absolute Gasteiger partial charge is 0.267 e. The maximum atomic E-state index is 13.0. The fourth-order valence-electron chi connectivity index (χ4n) is 1.84. The highest BCUT2D eigenvalue weighted by molar-refractivity contribution is 5.50. The molecule has 0 heterocycles. The van der Waals surface area contributed by atoms with E-state index >= 15 is 0 Å². The Bertz CT molecular complexity index is 414. The summed E-state index contributed by atoms with van der Waals surface area (Å²) < 4.78 is 36.0. The van der Waals surface area contributed by atoms with E-state index in [1.807, 2.05) is 13.8 Å². The van der Waals surface area contributed by atoms with Gasteiger partial charge < -0.3 is 15.2 Å². The first-order valence-electron chi connectivity index (χ1n) is 5.60. The molecule has 0 saturated carbocycles. The van der Waals surface area contributed by atoms with Crippen molar-refractivity contribution in [1.82, 2.24) is 0 Å². The minimum atomic E-state index is -2.62. The first-order valence-corrected chi connectivity index (χ1v) is 5.60. The van der Waals surface area contributed by atoms with E-state index in [0.29, 0.717) is 17.7 Å². The SMILES string of the molecule is COc1cc(CC(C)(C)N)cc(C(F)F)c1OC. The third-order valence-corrected chi connectivity index (χ3v) is 2.46. The van der Waals surface area contributed by atoms with Gasteiger partial charge in [0.1, 0.15) is 0 Å². The lowest BCUT2D eigenvalue weighted by Gasteiger charge is -2.20. The Morgan fingerprint density at radius 3 is 2.22 bits per heavy atom. The van der Waals surface area contributed by atoms with E-state index in [4.69, 9.17) is 15.2 Å². The minimum Gasteiger partial charge on any atom is -0.493 e. The fourth-order valence-corrected chi connectivity index (χ4v) is 1.84. The van der Waals surface area contributed by atoms with Crippen molar-refractivity contribution < 1.29 is 18.3 Å². The molecule has 1 rings (SSSR count). The second-order valence-corrected chi connectivity index (χ2v) is 4.89. The van der Waals surface area contributed by atoms with E-state index in [0.717, 1.165) is 0 Å². The first-order chi connectivity index (χ1) is 8.28. The monoisotopic (exact) mass is 259 g/mol. The Labute approximate surface area is 106 Å². The molecule has 2 N–H and O–H groups in total. The van der Waals surface area contributed by atoms with Gasteiger partial charge >= 0.3 is 0 Å². The van der Waals surface area contributed by atoms with Crippen LogP contribution in [0.2, 0.25) is 0 Å². The molecule has 5 heteroatoms. The average Bonchev–Trinajstić information content (AvgIpc) is 2.25. The topological polar surface area (TPSA) is 44.5 Å². The van der Waals surface area contributed by atoms with Gasteiger partial charge in [0.2, 0.25) is 0 Å². The van der Waals surface area contributed by atoms with Crippen LogP contribution in [-0.4, -0.2) is 19.8 Å². The number of nitrogens with two attached hydrogens (primary N) is 1. The van der Waals surface area contributed by atoms with Crippen molar-refractivity contribution in [2.24, 2.45) is 5.73 Å². The van der Waals surface area contributed by atoms with Gasteiger partial charge in [-0.1, -0.05) is 0 Å². The van der Waals surface area contributed by atoms with Crippen molar-refractivity contribution in [3.63, 3.8) is 0 Å². The molecule has 102 valence electrons. The van der Waals surface area contributed by atoms with Gasteiger partial charge in [-0.15, -0.1) is 0 Å². The Morgan fingerprint density at radius 2 is 1.83 bits per heavy atom. The van der Waals surface area contributed by atoms with E-state index in [1.54, 1.807) is 6.07 Å². The van der Waals surface area contributed by atoms with Crippen LogP contribution >= 0.6 is 0 Å². The number of alkyl halides is 2. The summed E-state index contributed by atoms with van der Waals surface area (Å²) in [4.78, 5) is 0. The maximum Gasteiger partial charge on any atom is 0.267 e. The summed E-state index contributed by atoms with van der Waals surface area (Å²) in [6.45, 7) is 3.68. The predicted molar refractivity (Wildman–Crippen MR) is 66.5 cm³/mol. The van der Waals surface area contributed by atoms with Crippen LogP contribution in [0.3, 0.4) is 0 Å². The summed E-state index contributed by atoms with van der Waals surface area (Å²) in [6, 6.07) is 3.10. The van der Waals surface area contributed by atoms with E-state index < -0.39 is 12.0 Å². The normalized spacial score (nSPS) is 11.8. The first kappa shape index (κ1) is 14.7. The van der Waals surface area contributed by atoms with E-state index in [9.17, 15) is 8.78 Å². The Kier molecular flexibility index (Phi) is 4.51. The van der Waals surface area contributed by atoms with Gasteiger partial charge in [0.05, 0.1) is 19.8 Å². The van der Waals surface area contributed by atoms with Crippen molar-refractivity contribution in [2.75, 3.05) is 14.2 Å². The van der Waals surface area contributed by atoms with Crippen molar-refractivity contribution in [3.05, 3.63) is 23.3 Å². The summed E-state index contributed by atoms with van der Waals surface area (Å²) in [5.74, 6) is 0.376. The predicted octanol–water partition coefficient (Wildman–Crippen LogP) is 2.92. The zero-order valence-electron chi connectivity index (χ0n) is 11.1. The molecule has 0 amide bonds. The molecule has 0 aromatic heterocycles. The van der Waals surface area contributed by atoms with Crippen LogP contribution in [0.4, 0.5) is 8.78 Å². The molecular formula is C13H19F2NO2. The molecule has 0 aliphatic carbocycles. The molecule has 0 atom stereocenters. The fraction of sp³-hybridized carbons (Fsp3) is 0.538. The molecule has 0 aliphatic heterocycles. The molecule has 1 aromatic rings.